The number of carboxylic acid groups (broad SMARTS) is 1. The molecule has 5 nitrogen and oxygen atoms in total. The third-order valence-corrected chi connectivity index (χ3v) is 6.59. The van der Waals surface area contributed by atoms with Crippen LogP contribution in [0.1, 0.15) is 54.8 Å². The van der Waals surface area contributed by atoms with Crippen molar-refractivity contribution in [2.45, 2.75) is 50.0 Å². The molecule has 0 spiro atoms. The van der Waals surface area contributed by atoms with E-state index in [1.165, 1.54) is 0 Å². The number of nitrogens with zero attached hydrogens (tertiary/aromatic N) is 1. The Hall–Kier alpha value is -2.18. The van der Waals surface area contributed by atoms with Gasteiger partial charge in [-0.3, -0.25) is 9.10 Å². The Bertz CT molecular complexity index is 869. The Morgan fingerprint density at radius 3 is 2.64 bits per heavy atom. The summed E-state index contributed by atoms with van der Waals surface area (Å²) in [6, 6.07) is 14.3. The summed E-state index contributed by atoms with van der Waals surface area (Å²) in [4.78, 5) is 11.5. The highest BCUT2D eigenvalue weighted by molar-refractivity contribution is 7.86. The number of aryl methyl sites for hydroxylation is 1. The van der Waals surface area contributed by atoms with Gasteiger partial charge in [-0.05, 0) is 55.1 Å². The summed E-state index contributed by atoms with van der Waals surface area (Å²) in [5.41, 5.74) is 4.27. The molecule has 0 aliphatic carbocycles. The molecule has 1 aliphatic rings. The molecule has 6 heteroatoms. The molecule has 2 aromatic rings. The van der Waals surface area contributed by atoms with Crippen molar-refractivity contribution >= 4 is 22.6 Å². The standard InChI is InChI=1S/C22H28N2O3S/c1-16-12-13-18-20(15-16)28(27)24(2)19-10-7-6-9-17(19)22(18)23-14-8-4-3-5-11-21(25)26/h6-7,9-10,12-13,15,22-23H,3-5,8,11,14H2,1-2H3,(H,25,26). The Kier molecular flexibility index (Phi) is 6.86. The van der Waals surface area contributed by atoms with Gasteiger partial charge in [0.1, 0.15) is 0 Å². The predicted octanol–water partition coefficient (Wildman–Crippen LogP) is 4.18. The van der Waals surface area contributed by atoms with Gasteiger partial charge in [0.2, 0.25) is 0 Å². The quantitative estimate of drug-likeness (QED) is 0.652. The van der Waals surface area contributed by atoms with Crippen molar-refractivity contribution in [1.82, 2.24) is 5.32 Å². The molecule has 2 aromatic carbocycles. The molecule has 2 atom stereocenters. The van der Waals surface area contributed by atoms with Gasteiger partial charge in [0.05, 0.1) is 16.6 Å². The number of para-hydroxylation sites is 1. The van der Waals surface area contributed by atoms with Gasteiger partial charge in [0, 0.05) is 13.5 Å². The minimum atomic E-state index is -1.25. The van der Waals surface area contributed by atoms with E-state index in [1.807, 2.05) is 42.5 Å². The van der Waals surface area contributed by atoms with Crippen molar-refractivity contribution in [2.75, 3.05) is 17.9 Å². The molecule has 0 amide bonds. The number of nitrogens with one attached hydrogen (secondary N) is 1. The van der Waals surface area contributed by atoms with Crippen molar-refractivity contribution in [3.8, 4) is 0 Å². The van der Waals surface area contributed by atoms with Gasteiger partial charge in [-0.1, -0.05) is 43.2 Å². The number of hydrogen-bond donors (Lipinski definition) is 2. The summed E-state index contributed by atoms with van der Waals surface area (Å²) in [5, 5.41) is 12.4. The van der Waals surface area contributed by atoms with Gasteiger partial charge in [-0.25, -0.2) is 4.21 Å². The maximum Gasteiger partial charge on any atom is 0.303 e. The van der Waals surface area contributed by atoms with Crippen molar-refractivity contribution in [1.29, 1.82) is 0 Å². The van der Waals surface area contributed by atoms with Gasteiger partial charge in [-0.15, -0.1) is 0 Å². The van der Waals surface area contributed by atoms with Gasteiger partial charge >= 0.3 is 5.97 Å². The molecular formula is C22H28N2O3S. The van der Waals surface area contributed by atoms with Crippen LogP contribution in [0.2, 0.25) is 0 Å². The molecule has 2 N–H and O–H groups in total. The fourth-order valence-corrected chi connectivity index (χ4v) is 4.99. The van der Waals surface area contributed by atoms with Crippen LogP contribution < -0.4 is 9.62 Å². The molecule has 0 fully saturated rings. The molecule has 0 saturated carbocycles. The lowest BCUT2D eigenvalue weighted by atomic mass is 9.96. The second kappa shape index (κ2) is 9.34. The Morgan fingerprint density at radius 1 is 1.11 bits per heavy atom. The number of rotatable bonds is 8. The lowest BCUT2D eigenvalue weighted by molar-refractivity contribution is -0.137. The third-order valence-electron chi connectivity index (χ3n) is 5.17. The van der Waals surface area contributed by atoms with E-state index < -0.39 is 17.0 Å². The topological polar surface area (TPSA) is 69.6 Å². The molecule has 2 unspecified atom stereocenters. The zero-order valence-electron chi connectivity index (χ0n) is 16.5. The first-order valence-electron chi connectivity index (χ1n) is 9.79. The lowest BCUT2D eigenvalue weighted by Crippen LogP contribution is -2.24. The number of unbranched alkanes of at least 4 members (excludes halogenated alkanes) is 3. The van der Waals surface area contributed by atoms with Crippen molar-refractivity contribution < 1.29 is 14.1 Å². The molecule has 0 saturated heterocycles. The van der Waals surface area contributed by atoms with Gasteiger partial charge in [-0.2, -0.15) is 0 Å². The first kappa shape index (κ1) is 20.6. The number of hydrogen-bond acceptors (Lipinski definition) is 3. The number of anilines is 1. The summed E-state index contributed by atoms with van der Waals surface area (Å²) in [7, 11) is 0.633. The van der Waals surface area contributed by atoms with Crippen molar-refractivity contribution in [3.05, 3.63) is 59.2 Å². The highest BCUT2D eigenvalue weighted by Gasteiger charge is 2.29. The van der Waals surface area contributed by atoms with E-state index in [1.54, 1.807) is 0 Å². The minimum absolute atomic E-state index is 0.0141. The summed E-state index contributed by atoms with van der Waals surface area (Å²) in [5.74, 6) is -0.725. The van der Waals surface area contributed by atoms with Gasteiger partial charge in [0.25, 0.3) is 0 Å². The molecule has 0 aromatic heterocycles. The summed E-state index contributed by atoms with van der Waals surface area (Å²) in [6.45, 7) is 2.85. The summed E-state index contributed by atoms with van der Waals surface area (Å²) < 4.78 is 15.0. The molecule has 28 heavy (non-hydrogen) atoms. The van der Waals surface area contributed by atoms with Crippen LogP contribution in [-0.2, 0) is 15.8 Å². The monoisotopic (exact) mass is 400 g/mol. The van der Waals surface area contributed by atoms with E-state index in [2.05, 4.69) is 23.5 Å². The number of carbonyl (C=O) groups is 1. The fourth-order valence-electron chi connectivity index (χ4n) is 3.68. The molecule has 150 valence electrons. The molecule has 1 heterocycles. The van der Waals surface area contributed by atoms with Crippen LogP contribution in [0.4, 0.5) is 5.69 Å². The van der Waals surface area contributed by atoms with E-state index in [0.29, 0.717) is 0 Å². The smallest absolute Gasteiger partial charge is 0.303 e. The first-order valence-corrected chi connectivity index (χ1v) is 10.9. The largest absolute Gasteiger partial charge is 0.481 e. The zero-order chi connectivity index (χ0) is 20.1. The van der Waals surface area contributed by atoms with Crippen molar-refractivity contribution in [2.24, 2.45) is 0 Å². The van der Waals surface area contributed by atoms with Crippen LogP contribution in [0.25, 0.3) is 0 Å². The first-order chi connectivity index (χ1) is 13.5. The average molecular weight is 401 g/mol. The predicted molar refractivity (Wildman–Crippen MR) is 113 cm³/mol. The summed E-state index contributed by atoms with van der Waals surface area (Å²) >= 11 is 0. The number of benzene rings is 2. The van der Waals surface area contributed by atoms with E-state index in [9.17, 15) is 9.00 Å². The summed E-state index contributed by atoms with van der Waals surface area (Å²) in [6.07, 6.45) is 3.89. The SMILES string of the molecule is Cc1ccc2c(c1)S(=O)N(C)c1ccccc1C2NCCCCCCC(=O)O. The minimum Gasteiger partial charge on any atom is -0.481 e. The van der Waals surface area contributed by atoms with Gasteiger partial charge in [0.15, 0.2) is 11.0 Å². The molecular weight excluding hydrogens is 372 g/mol. The lowest BCUT2D eigenvalue weighted by Gasteiger charge is -2.22. The zero-order valence-corrected chi connectivity index (χ0v) is 17.3. The number of aliphatic carboxylic acids is 1. The number of carboxylic acids is 1. The van der Waals surface area contributed by atoms with Gasteiger partial charge < -0.3 is 10.4 Å². The van der Waals surface area contributed by atoms with E-state index in [4.69, 9.17) is 5.11 Å². The second-order valence-corrected chi connectivity index (χ2v) is 8.78. The number of fused-ring (bicyclic) bond motifs is 2. The Labute approximate surface area is 169 Å². The van der Waals surface area contributed by atoms with Crippen LogP contribution in [0, 0.1) is 6.92 Å². The maximum absolute atomic E-state index is 13.2. The van der Waals surface area contributed by atoms with Crippen molar-refractivity contribution in [3.63, 3.8) is 0 Å². The van der Waals surface area contributed by atoms with Crippen LogP contribution in [0.5, 0.6) is 0 Å². The Balaban J connectivity index is 1.78. The second-order valence-electron chi connectivity index (χ2n) is 7.29. The van der Waals surface area contributed by atoms with E-state index in [-0.39, 0.29) is 12.5 Å². The highest BCUT2D eigenvalue weighted by Crippen LogP contribution is 2.38. The van der Waals surface area contributed by atoms with Crippen LogP contribution >= 0.6 is 0 Å². The molecule has 3 rings (SSSR count). The Morgan fingerprint density at radius 2 is 1.86 bits per heavy atom. The third kappa shape index (κ3) is 4.62. The van der Waals surface area contributed by atoms with Crippen LogP contribution in [0.15, 0.2) is 47.4 Å². The molecule has 1 aliphatic heterocycles. The van der Waals surface area contributed by atoms with Crippen LogP contribution in [0.3, 0.4) is 0 Å². The normalized spacial score (nSPS) is 18.3. The van der Waals surface area contributed by atoms with E-state index >= 15 is 0 Å². The average Bonchev–Trinajstić information content (AvgIpc) is 2.76. The van der Waals surface area contributed by atoms with E-state index in [0.717, 1.165) is 59.5 Å². The maximum atomic E-state index is 13.2. The fraction of sp³-hybridized carbons (Fsp3) is 0.409. The highest BCUT2D eigenvalue weighted by atomic mass is 32.2. The molecule has 0 radical (unpaired) electrons. The van der Waals surface area contributed by atoms with Crippen LogP contribution in [-0.4, -0.2) is 28.9 Å². The molecule has 0 bridgehead atoms.